The summed E-state index contributed by atoms with van der Waals surface area (Å²) in [5, 5.41) is 14.7. The van der Waals surface area contributed by atoms with Crippen LogP contribution in [0, 0.1) is 11.3 Å². The molecule has 3 aromatic carbocycles. The zero-order chi connectivity index (χ0) is 23.4. The van der Waals surface area contributed by atoms with E-state index in [4.69, 9.17) is 16.2 Å². The highest BCUT2D eigenvalue weighted by atomic mass is 16.5. The maximum atomic E-state index is 12.5. The fourth-order valence-corrected chi connectivity index (χ4v) is 3.45. The molecule has 8 nitrogen and oxygen atoms in total. The van der Waals surface area contributed by atoms with E-state index < -0.39 is 12.0 Å². The first-order valence-electron chi connectivity index (χ1n) is 10.4. The standard InChI is InChI=1S/C25H23N5O3/c26-13-18-11-17(24(31)29-23-4-2-1-3-20(23)27)9-10-22(18)30-25(32)33-14-15-5-7-16(8-6-15)19-12-21(19)28/h1-11,19,21H,12,14,27-28H2,(H,29,31)(H,30,32)/t19?,21-/m0/s1. The van der Waals surface area contributed by atoms with Gasteiger partial charge in [0.25, 0.3) is 5.91 Å². The number of nitrogen functional groups attached to an aromatic ring is 1. The summed E-state index contributed by atoms with van der Waals surface area (Å²) in [7, 11) is 0. The van der Waals surface area contributed by atoms with E-state index in [1.165, 1.54) is 23.8 Å². The maximum absolute atomic E-state index is 12.5. The van der Waals surface area contributed by atoms with Crippen molar-refractivity contribution in [3.63, 3.8) is 0 Å². The van der Waals surface area contributed by atoms with Crippen LogP contribution in [0.3, 0.4) is 0 Å². The molecule has 0 heterocycles. The average Bonchev–Trinajstić information content (AvgIpc) is 3.56. The van der Waals surface area contributed by atoms with Crippen LogP contribution in [0.15, 0.2) is 66.7 Å². The van der Waals surface area contributed by atoms with Crippen LogP contribution in [0.1, 0.15) is 39.4 Å². The Morgan fingerprint density at radius 2 is 1.76 bits per heavy atom. The van der Waals surface area contributed by atoms with Gasteiger partial charge in [0, 0.05) is 17.5 Å². The Balaban J connectivity index is 1.35. The molecular formula is C25H23N5O3. The van der Waals surface area contributed by atoms with Gasteiger partial charge in [0.05, 0.1) is 22.6 Å². The smallest absolute Gasteiger partial charge is 0.411 e. The van der Waals surface area contributed by atoms with Crippen molar-refractivity contribution >= 4 is 29.1 Å². The molecule has 0 bridgehead atoms. The average molecular weight is 441 g/mol. The van der Waals surface area contributed by atoms with Crippen LogP contribution < -0.4 is 22.1 Å². The predicted molar refractivity (Wildman–Crippen MR) is 126 cm³/mol. The summed E-state index contributed by atoms with van der Waals surface area (Å²) in [6.45, 7) is 0.0870. The van der Waals surface area contributed by atoms with E-state index in [9.17, 15) is 14.9 Å². The Kier molecular flexibility index (Phi) is 6.24. The van der Waals surface area contributed by atoms with Crippen LogP contribution in [0.4, 0.5) is 21.9 Å². The Hall–Kier alpha value is -4.35. The van der Waals surface area contributed by atoms with Gasteiger partial charge < -0.3 is 21.5 Å². The van der Waals surface area contributed by atoms with E-state index in [0.29, 0.717) is 17.3 Å². The van der Waals surface area contributed by atoms with Crippen LogP contribution in [-0.2, 0) is 11.3 Å². The number of nitrogens with zero attached hydrogens (tertiary/aromatic N) is 1. The number of ether oxygens (including phenoxy) is 1. The molecule has 3 aromatic rings. The quantitative estimate of drug-likeness (QED) is 0.426. The van der Waals surface area contributed by atoms with E-state index in [1.54, 1.807) is 24.3 Å². The third-order valence-electron chi connectivity index (χ3n) is 5.47. The van der Waals surface area contributed by atoms with Gasteiger partial charge in [-0.15, -0.1) is 0 Å². The summed E-state index contributed by atoms with van der Waals surface area (Å²) < 4.78 is 5.26. The molecule has 0 aromatic heterocycles. The Labute approximate surface area is 191 Å². The number of hydrogen-bond donors (Lipinski definition) is 4. The molecule has 33 heavy (non-hydrogen) atoms. The van der Waals surface area contributed by atoms with Crippen LogP contribution in [0.2, 0.25) is 0 Å². The van der Waals surface area contributed by atoms with Gasteiger partial charge in [0.15, 0.2) is 0 Å². The summed E-state index contributed by atoms with van der Waals surface area (Å²) >= 11 is 0. The van der Waals surface area contributed by atoms with Gasteiger partial charge in [0.1, 0.15) is 12.7 Å². The summed E-state index contributed by atoms with van der Waals surface area (Å²) in [6.07, 6.45) is 0.300. The number of nitrogens with two attached hydrogens (primary N) is 2. The minimum absolute atomic E-state index is 0.0870. The van der Waals surface area contributed by atoms with Gasteiger partial charge in [0.2, 0.25) is 0 Å². The Morgan fingerprint density at radius 3 is 2.42 bits per heavy atom. The lowest BCUT2D eigenvalue weighted by molar-refractivity contribution is 0.102. The molecule has 0 radical (unpaired) electrons. The van der Waals surface area contributed by atoms with Gasteiger partial charge in [-0.3, -0.25) is 10.1 Å². The number of para-hydroxylation sites is 2. The summed E-state index contributed by atoms with van der Waals surface area (Å²) in [5.74, 6) is -0.00287. The molecule has 1 saturated carbocycles. The van der Waals surface area contributed by atoms with E-state index >= 15 is 0 Å². The number of carbonyl (C=O) groups excluding carboxylic acids is 2. The number of hydrogen-bond acceptors (Lipinski definition) is 6. The largest absolute Gasteiger partial charge is 0.444 e. The first-order valence-corrected chi connectivity index (χ1v) is 10.4. The minimum Gasteiger partial charge on any atom is -0.444 e. The highest BCUT2D eigenvalue weighted by molar-refractivity contribution is 6.06. The molecule has 2 atom stereocenters. The molecule has 166 valence electrons. The number of nitrogens with one attached hydrogen (secondary N) is 2. The molecule has 1 aliphatic rings. The van der Waals surface area contributed by atoms with Crippen molar-refractivity contribution in [1.29, 1.82) is 5.26 Å². The summed E-state index contributed by atoms with van der Waals surface area (Å²) in [6, 6.07) is 21.3. The van der Waals surface area contributed by atoms with E-state index in [2.05, 4.69) is 10.6 Å². The molecule has 1 fully saturated rings. The number of benzene rings is 3. The third kappa shape index (κ3) is 5.29. The monoisotopic (exact) mass is 441 g/mol. The van der Waals surface area contributed by atoms with Crippen molar-refractivity contribution in [2.45, 2.75) is 25.0 Å². The molecule has 8 heteroatoms. The fourth-order valence-electron chi connectivity index (χ4n) is 3.45. The highest BCUT2D eigenvalue weighted by Gasteiger charge is 2.34. The van der Waals surface area contributed by atoms with E-state index in [1.807, 2.05) is 30.3 Å². The predicted octanol–water partition coefficient (Wildman–Crippen LogP) is 3.96. The van der Waals surface area contributed by atoms with Crippen LogP contribution in [0.25, 0.3) is 0 Å². The van der Waals surface area contributed by atoms with Gasteiger partial charge in [-0.05, 0) is 47.9 Å². The van der Waals surface area contributed by atoms with Crippen molar-refractivity contribution in [2.24, 2.45) is 5.73 Å². The van der Waals surface area contributed by atoms with E-state index in [0.717, 1.165) is 12.0 Å². The topological polar surface area (TPSA) is 143 Å². The fraction of sp³-hybridized carbons (Fsp3) is 0.160. The summed E-state index contributed by atoms with van der Waals surface area (Å²) in [5.41, 5.74) is 15.3. The van der Waals surface area contributed by atoms with Crippen LogP contribution in [0.5, 0.6) is 0 Å². The van der Waals surface area contributed by atoms with Gasteiger partial charge in [-0.25, -0.2) is 4.79 Å². The number of carbonyl (C=O) groups is 2. The molecule has 4 rings (SSSR count). The lowest BCUT2D eigenvalue weighted by Crippen LogP contribution is -2.16. The molecule has 2 amide bonds. The first kappa shape index (κ1) is 21.9. The van der Waals surface area contributed by atoms with Gasteiger partial charge in [-0.1, -0.05) is 36.4 Å². The third-order valence-corrected chi connectivity index (χ3v) is 5.47. The zero-order valence-electron chi connectivity index (χ0n) is 17.7. The highest BCUT2D eigenvalue weighted by Crippen LogP contribution is 2.38. The maximum Gasteiger partial charge on any atom is 0.411 e. The van der Waals surface area contributed by atoms with Crippen LogP contribution in [-0.4, -0.2) is 18.0 Å². The molecule has 0 saturated heterocycles. The molecule has 0 spiro atoms. The number of rotatable bonds is 6. The molecule has 6 N–H and O–H groups in total. The second-order valence-electron chi connectivity index (χ2n) is 7.86. The van der Waals surface area contributed by atoms with Crippen molar-refractivity contribution < 1.29 is 14.3 Å². The molecule has 1 aliphatic carbocycles. The van der Waals surface area contributed by atoms with Gasteiger partial charge >= 0.3 is 6.09 Å². The second kappa shape index (κ2) is 9.42. The molecular weight excluding hydrogens is 418 g/mol. The lowest BCUT2D eigenvalue weighted by Gasteiger charge is -2.11. The zero-order valence-corrected chi connectivity index (χ0v) is 17.7. The number of anilines is 3. The number of amides is 2. The van der Waals surface area contributed by atoms with Crippen molar-refractivity contribution in [1.82, 2.24) is 0 Å². The minimum atomic E-state index is -0.700. The Bertz CT molecular complexity index is 1230. The van der Waals surface area contributed by atoms with Crippen LogP contribution >= 0.6 is 0 Å². The van der Waals surface area contributed by atoms with Gasteiger partial charge in [-0.2, -0.15) is 5.26 Å². The van der Waals surface area contributed by atoms with Crippen molar-refractivity contribution in [3.05, 3.63) is 89.0 Å². The Morgan fingerprint density at radius 1 is 1.03 bits per heavy atom. The van der Waals surface area contributed by atoms with Crippen molar-refractivity contribution in [2.75, 3.05) is 16.4 Å². The SMILES string of the molecule is N#Cc1cc(C(=O)Nc2ccccc2N)ccc1NC(=O)OCc1ccc(C2C[C@@H]2N)cc1. The lowest BCUT2D eigenvalue weighted by atomic mass is 10.1. The summed E-state index contributed by atoms with van der Waals surface area (Å²) in [4.78, 5) is 24.7. The van der Waals surface area contributed by atoms with Crippen molar-refractivity contribution in [3.8, 4) is 6.07 Å². The molecule has 1 unspecified atom stereocenters. The first-order chi connectivity index (χ1) is 15.9. The van der Waals surface area contributed by atoms with E-state index in [-0.39, 0.29) is 29.5 Å². The normalized spacial score (nSPS) is 16.4. The molecule has 0 aliphatic heterocycles. The second-order valence-corrected chi connectivity index (χ2v) is 7.86. The number of nitriles is 1.